The fraction of sp³-hybridized carbons (Fsp3) is 0.364. The third-order valence-electron chi connectivity index (χ3n) is 4.51. The van der Waals surface area contributed by atoms with Crippen LogP contribution in [0.25, 0.3) is 10.2 Å². The third kappa shape index (κ3) is 6.11. The van der Waals surface area contributed by atoms with E-state index in [1.54, 1.807) is 18.9 Å². The molecule has 160 valence electrons. The van der Waals surface area contributed by atoms with Crippen molar-refractivity contribution < 1.29 is 9.53 Å². The first-order valence-electron chi connectivity index (χ1n) is 9.75. The lowest BCUT2D eigenvalue weighted by atomic mass is 10.3. The van der Waals surface area contributed by atoms with Crippen LogP contribution in [0.1, 0.15) is 12.8 Å². The second-order valence-electron chi connectivity index (χ2n) is 7.06. The molecule has 8 heteroatoms. The topological polar surface area (TPSA) is 45.7 Å². The largest absolute Gasteiger partial charge is 0.494 e. The van der Waals surface area contributed by atoms with Gasteiger partial charge in [-0.1, -0.05) is 29.0 Å². The van der Waals surface area contributed by atoms with Crippen LogP contribution in [0.15, 0.2) is 47.4 Å². The van der Waals surface area contributed by atoms with Crippen molar-refractivity contribution in [3.8, 4) is 5.75 Å². The van der Waals surface area contributed by atoms with Crippen LogP contribution in [-0.2, 0) is 4.79 Å². The number of carbonyl (C=O) groups excluding carboxylic acids is 1. The van der Waals surface area contributed by atoms with Crippen LogP contribution in [0.2, 0.25) is 5.02 Å². The summed E-state index contributed by atoms with van der Waals surface area (Å²) in [4.78, 5) is 22.8. The Morgan fingerprint density at radius 1 is 1.17 bits per heavy atom. The molecule has 1 aromatic heterocycles. The number of anilines is 1. The maximum absolute atomic E-state index is 13.1. The van der Waals surface area contributed by atoms with E-state index in [1.165, 1.54) is 11.3 Å². The van der Waals surface area contributed by atoms with Crippen LogP contribution in [0.4, 0.5) is 5.13 Å². The van der Waals surface area contributed by atoms with Gasteiger partial charge >= 0.3 is 0 Å². The van der Waals surface area contributed by atoms with E-state index < -0.39 is 0 Å². The molecule has 0 spiro atoms. The number of hydrogen-bond acceptors (Lipinski definition) is 6. The smallest absolute Gasteiger partial charge is 0.228 e. The number of thioether (sulfide) groups is 1. The molecule has 0 N–H and O–H groups in total. The van der Waals surface area contributed by atoms with E-state index in [0.717, 1.165) is 49.7 Å². The van der Waals surface area contributed by atoms with Crippen LogP contribution in [-0.4, -0.2) is 55.8 Å². The Bertz CT molecular complexity index is 976. The molecule has 0 fully saturated rings. The van der Waals surface area contributed by atoms with Crippen molar-refractivity contribution in [3.63, 3.8) is 0 Å². The maximum atomic E-state index is 13.1. The van der Waals surface area contributed by atoms with Crippen LogP contribution in [0.3, 0.4) is 0 Å². The van der Waals surface area contributed by atoms with E-state index in [9.17, 15) is 4.79 Å². The van der Waals surface area contributed by atoms with Crippen LogP contribution >= 0.6 is 34.7 Å². The quantitative estimate of drug-likeness (QED) is 0.296. The molecular weight excluding hydrogens is 438 g/mol. The summed E-state index contributed by atoms with van der Waals surface area (Å²) in [5.41, 5.74) is 0.806. The minimum atomic E-state index is 0.103. The summed E-state index contributed by atoms with van der Waals surface area (Å²) < 4.78 is 6.45. The summed E-state index contributed by atoms with van der Waals surface area (Å²) in [6, 6.07) is 13.6. The lowest BCUT2D eigenvalue weighted by Gasteiger charge is -2.22. The predicted octanol–water partition coefficient (Wildman–Crippen LogP) is 5.43. The van der Waals surface area contributed by atoms with E-state index in [0.29, 0.717) is 13.0 Å². The molecule has 0 aliphatic carbocycles. The number of amides is 1. The van der Waals surface area contributed by atoms with E-state index in [4.69, 9.17) is 21.3 Å². The number of ether oxygens (including phenoxy) is 1. The minimum absolute atomic E-state index is 0.103. The fourth-order valence-electron chi connectivity index (χ4n) is 2.90. The van der Waals surface area contributed by atoms with Gasteiger partial charge in [0.2, 0.25) is 5.91 Å². The molecule has 0 aliphatic rings. The van der Waals surface area contributed by atoms with Gasteiger partial charge in [0.15, 0.2) is 5.13 Å². The molecule has 1 amide bonds. The normalized spacial score (nSPS) is 11.2. The fourth-order valence-corrected chi connectivity index (χ4v) is 4.90. The molecular formula is C22H26ClN3O2S2. The number of aromatic nitrogens is 1. The Balaban J connectivity index is 1.66. The van der Waals surface area contributed by atoms with E-state index in [-0.39, 0.29) is 5.91 Å². The zero-order valence-electron chi connectivity index (χ0n) is 17.4. The number of benzene rings is 2. The van der Waals surface area contributed by atoms with Gasteiger partial charge in [-0.2, -0.15) is 0 Å². The number of halogens is 1. The Morgan fingerprint density at radius 3 is 2.63 bits per heavy atom. The van der Waals surface area contributed by atoms with E-state index in [2.05, 4.69) is 4.90 Å². The van der Waals surface area contributed by atoms with Crippen LogP contribution < -0.4 is 9.64 Å². The standard InChI is InChI=1S/C22H26ClN3O2S2/c1-25(2)13-14-26(22-24-21-18(28-3)6-4-7-19(21)30-22)20(27)8-5-15-29-17-11-9-16(23)10-12-17/h4,6-7,9-12H,5,8,13-15H2,1-3H3. The van der Waals surface area contributed by atoms with Crippen molar-refractivity contribution in [2.45, 2.75) is 17.7 Å². The summed E-state index contributed by atoms with van der Waals surface area (Å²) in [5, 5.41) is 1.46. The highest BCUT2D eigenvalue weighted by atomic mass is 35.5. The van der Waals surface area contributed by atoms with E-state index in [1.807, 2.05) is 61.5 Å². The summed E-state index contributed by atoms with van der Waals surface area (Å²) in [6.45, 7) is 1.39. The Morgan fingerprint density at radius 2 is 1.93 bits per heavy atom. The average Bonchev–Trinajstić information content (AvgIpc) is 3.16. The zero-order chi connectivity index (χ0) is 21.5. The predicted molar refractivity (Wildman–Crippen MR) is 128 cm³/mol. The van der Waals surface area contributed by atoms with Crippen molar-refractivity contribution >= 4 is 56.0 Å². The van der Waals surface area contributed by atoms with Crippen molar-refractivity contribution in [2.75, 3.05) is 44.9 Å². The third-order valence-corrected chi connectivity index (χ3v) is 6.90. The second kappa shape index (κ2) is 11.0. The van der Waals surface area contributed by atoms with Crippen molar-refractivity contribution in [2.24, 2.45) is 0 Å². The van der Waals surface area contributed by atoms with Gasteiger partial charge in [0.1, 0.15) is 11.3 Å². The van der Waals surface area contributed by atoms with Crippen LogP contribution in [0.5, 0.6) is 5.75 Å². The molecule has 3 aromatic rings. The highest BCUT2D eigenvalue weighted by molar-refractivity contribution is 7.99. The minimum Gasteiger partial charge on any atom is -0.494 e. The molecule has 0 bridgehead atoms. The van der Waals surface area contributed by atoms with Gasteiger partial charge in [0.05, 0.1) is 11.8 Å². The monoisotopic (exact) mass is 463 g/mol. The van der Waals surface area contributed by atoms with Crippen molar-refractivity contribution in [1.82, 2.24) is 9.88 Å². The number of fused-ring (bicyclic) bond motifs is 1. The van der Waals surface area contributed by atoms with Gasteiger partial charge in [-0.3, -0.25) is 9.69 Å². The van der Waals surface area contributed by atoms with Gasteiger partial charge in [-0.25, -0.2) is 4.98 Å². The number of methoxy groups -OCH3 is 1. The molecule has 30 heavy (non-hydrogen) atoms. The molecule has 0 saturated heterocycles. The first kappa shape index (κ1) is 22.9. The number of thiazole rings is 1. The average molecular weight is 464 g/mol. The number of nitrogens with zero attached hydrogens (tertiary/aromatic N) is 3. The SMILES string of the molecule is COc1cccc2sc(N(CCN(C)C)C(=O)CCCSc3ccc(Cl)cc3)nc12. The molecule has 0 atom stereocenters. The lowest BCUT2D eigenvalue weighted by molar-refractivity contribution is -0.118. The number of para-hydroxylation sites is 1. The van der Waals surface area contributed by atoms with Gasteiger partial charge in [0, 0.05) is 29.4 Å². The second-order valence-corrected chi connectivity index (χ2v) is 9.67. The summed E-state index contributed by atoms with van der Waals surface area (Å²) in [5.74, 6) is 1.71. The Labute approximate surface area is 191 Å². The van der Waals surface area contributed by atoms with E-state index >= 15 is 0 Å². The number of hydrogen-bond donors (Lipinski definition) is 0. The molecule has 5 nitrogen and oxygen atoms in total. The molecule has 0 unspecified atom stereocenters. The van der Waals surface area contributed by atoms with Crippen molar-refractivity contribution in [1.29, 1.82) is 0 Å². The molecule has 2 aromatic carbocycles. The zero-order valence-corrected chi connectivity index (χ0v) is 19.8. The lowest BCUT2D eigenvalue weighted by Crippen LogP contribution is -2.36. The highest BCUT2D eigenvalue weighted by Crippen LogP contribution is 2.34. The van der Waals surface area contributed by atoms with Gasteiger partial charge in [0.25, 0.3) is 0 Å². The number of carbonyl (C=O) groups is 1. The first-order valence-corrected chi connectivity index (χ1v) is 11.9. The molecule has 0 aliphatic heterocycles. The molecule has 0 saturated carbocycles. The Hall–Kier alpha value is -1.80. The summed E-state index contributed by atoms with van der Waals surface area (Å²) >= 11 is 9.20. The number of likely N-dealkylation sites (N-methyl/N-ethyl adjacent to an activating group) is 1. The summed E-state index contributed by atoms with van der Waals surface area (Å²) in [7, 11) is 5.65. The number of rotatable bonds is 10. The van der Waals surface area contributed by atoms with Crippen molar-refractivity contribution in [3.05, 3.63) is 47.5 Å². The Kier molecular flexibility index (Phi) is 8.39. The summed E-state index contributed by atoms with van der Waals surface area (Å²) in [6.07, 6.45) is 1.29. The molecule has 0 radical (unpaired) electrons. The molecule has 1 heterocycles. The van der Waals surface area contributed by atoms with Crippen LogP contribution in [0, 0.1) is 0 Å². The maximum Gasteiger partial charge on any atom is 0.228 e. The van der Waals surface area contributed by atoms with Gasteiger partial charge in [-0.05, 0) is 62.7 Å². The molecule has 3 rings (SSSR count). The highest BCUT2D eigenvalue weighted by Gasteiger charge is 2.20. The van der Waals surface area contributed by atoms with Gasteiger partial charge < -0.3 is 9.64 Å². The van der Waals surface area contributed by atoms with Gasteiger partial charge in [-0.15, -0.1) is 11.8 Å². The first-order chi connectivity index (χ1) is 14.5.